The maximum absolute atomic E-state index is 13.7. The number of methoxy groups -OCH3 is 1. The molecule has 2 N–H and O–H groups in total. The van der Waals surface area contributed by atoms with E-state index in [2.05, 4.69) is 9.97 Å². The molecule has 3 heterocycles. The Labute approximate surface area is 160 Å². The van der Waals surface area contributed by atoms with Gasteiger partial charge in [0.05, 0.1) is 18.5 Å². The molecule has 0 amide bonds. The Morgan fingerprint density at radius 3 is 2.46 bits per heavy atom. The van der Waals surface area contributed by atoms with E-state index in [9.17, 15) is 8.78 Å². The van der Waals surface area contributed by atoms with Crippen LogP contribution in [0, 0.1) is 11.6 Å². The van der Waals surface area contributed by atoms with E-state index in [1.165, 1.54) is 13.2 Å². The summed E-state index contributed by atoms with van der Waals surface area (Å²) in [5.41, 5.74) is 10.2. The highest BCUT2D eigenvalue weighted by atomic mass is 19.2. The number of benzene rings is 1. The summed E-state index contributed by atoms with van der Waals surface area (Å²) in [6, 6.07) is 9.26. The van der Waals surface area contributed by atoms with Crippen molar-refractivity contribution in [2.24, 2.45) is 4.99 Å². The highest BCUT2D eigenvalue weighted by Gasteiger charge is 2.23. The molecule has 0 fully saturated rings. The molecule has 0 aliphatic carbocycles. The summed E-state index contributed by atoms with van der Waals surface area (Å²) in [4.78, 5) is 12.9. The minimum atomic E-state index is -0.907. The van der Waals surface area contributed by atoms with Crippen molar-refractivity contribution in [3.63, 3.8) is 0 Å². The van der Waals surface area contributed by atoms with E-state index in [1.807, 2.05) is 12.1 Å². The molecule has 5 nitrogen and oxygen atoms in total. The maximum atomic E-state index is 13.7. The van der Waals surface area contributed by atoms with Crippen molar-refractivity contribution in [1.82, 2.24) is 9.97 Å². The zero-order valence-corrected chi connectivity index (χ0v) is 15.0. The monoisotopic (exact) mass is 378 g/mol. The van der Waals surface area contributed by atoms with Gasteiger partial charge in [-0.1, -0.05) is 6.07 Å². The summed E-state index contributed by atoms with van der Waals surface area (Å²) in [6.45, 7) is 0. The highest BCUT2D eigenvalue weighted by molar-refractivity contribution is 6.16. The lowest BCUT2D eigenvalue weighted by Gasteiger charge is -2.10. The summed E-state index contributed by atoms with van der Waals surface area (Å²) in [5.74, 6) is -1.05. The molecule has 0 spiro atoms. The Kier molecular flexibility index (Phi) is 4.57. The first-order valence-electron chi connectivity index (χ1n) is 8.53. The van der Waals surface area contributed by atoms with E-state index >= 15 is 0 Å². The molecule has 7 heteroatoms. The fourth-order valence-electron chi connectivity index (χ4n) is 3.11. The predicted octanol–water partition coefficient (Wildman–Crippen LogP) is 4.11. The highest BCUT2D eigenvalue weighted by Crippen LogP contribution is 2.38. The van der Waals surface area contributed by atoms with Gasteiger partial charge in [0.1, 0.15) is 0 Å². The first kappa shape index (κ1) is 17.8. The molecule has 1 aliphatic rings. The Morgan fingerprint density at radius 2 is 1.75 bits per heavy atom. The van der Waals surface area contributed by atoms with Gasteiger partial charge in [0.2, 0.25) is 0 Å². The fraction of sp³-hybridized carbons (Fsp3) is 0.0952. The van der Waals surface area contributed by atoms with E-state index in [-0.39, 0.29) is 5.82 Å². The number of rotatable bonds is 4. The number of anilines is 1. The third-order valence-corrected chi connectivity index (χ3v) is 4.53. The SMILES string of the molecule is COc1cc(C2=C(c3ccncc3)N=C(c3ccc(F)c(F)c3)C2)cnc1N. The molecule has 0 saturated carbocycles. The standard InChI is InChI=1S/C21H16F2N4O/c1-28-19-9-14(11-26-21(19)24)15-10-18(13-2-3-16(22)17(23)8-13)27-20(15)12-4-6-25-7-5-12/h2-9,11H,10H2,1H3,(H2,24,26). The summed E-state index contributed by atoms with van der Waals surface area (Å²) >= 11 is 0. The molecule has 28 heavy (non-hydrogen) atoms. The molecule has 2 aromatic heterocycles. The Hall–Kier alpha value is -3.61. The zero-order valence-electron chi connectivity index (χ0n) is 15.0. The number of allylic oxidation sites excluding steroid dienone is 1. The summed E-state index contributed by atoms with van der Waals surface area (Å²) in [6.07, 6.45) is 5.43. The van der Waals surface area contributed by atoms with E-state index in [4.69, 9.17) is 15.5 Å². The number of hydrogen-bond acceptors (Lipinski definition) is 5. The van der Waals surface area contributed by atoms with E-state index < -0.39 is 11.6 Å². The van der Waals surface area contributed by atoms with Crippen LogP contribution in [-0.4, -0.2) is 22.8 Å². The van der Waals surface area contributed by atoms with Crippen LogP contribution in [0.15, 0.2) is 60.0 Å². The first-order valence-corrected chi connectivity index (χ1v) is 8.53. The van der Waals surface area contributed by atoms with Crippen LogP contribution < -0.4 is 10.5 Å². The molecule has 1 aromatic carbocycles. The van der Waals surface area contributed by atoms with Gasteiger partial charge in [0.25, 0.3) is 0 Å². The molecule has 0 bridgehead atoms. The van der Waals surface area contributed by atoms with Gasteiger partial charge in [-0.15, -0.1) is 0 Å². The summed E-state index contributed by atoms with van der Waals surface area (Å²) < 4.78 is 32.3. The molecule has 1 aliphatic heterocycles. The van der Waals surface area contributed by atoms with Crippen LogP contribution in [0.4, 0.5) is 14.6 Å². The molecule has 0 unspecified atom stereocenters. The van der Waals surface area contributed by atoms with Crippen LogP contribution in [0.2, 0.25) is 0 Å². The van der Waals surface area contributed by atoms with Gasteiger partial charge >= 0.3 is 0 Å². The summed E-state index contributed by atoms with van der Waals surface area (Å²) in [5, 5.41) is 0. The van der Waals surface area contributed by atoms with Gasteiger partial charge in [0.15, 0.2) is 23.2 Å². The molecule has 4 rings (SSSR count). The van der Waals surface area contributed by atoms with Crippen molar-refractivity contribution in [2.45, 2.75) is 6.42 Å². The molecule has 0 atom stereocenters. The zero-order chi connectivity index (χ0) is 19.7. The average molecular weight is 378 g/mol. The molecular weight excluding hydrogens is 362 g/mol. The third kappa shape index (κ3) is 3.22. The van der Waals surface area contributed by atoms with Gasteiger partial charge in [-0.05, 0) is 41.5 Å². The van der Waals surface area contributed by atoms with Crippen molar-refractivity contribution < 1.29 is 13.5 Å². The van der Waals surface area contributed by atoms with Crippen LogP contribution in [0.1, 0.15) is 23.1 Å². The van der Waals surface area contributed by atoms with Crippen molar-refractivity contribution >= 4 is 22.8 Å². The largest absolute Gasteiger partial charge is 0.493 e. The van der Waals surface area contributed by atoms with Crippen molar-refractivity contribution in [2.75, 3.05) is 12.8 Å². The van der Waals surface area contributed by atoms with Crippen molar-refractivity contribution in [3.05, 3.63) is 83.3 Å². The number of aromatic nitrogens is 2. The average Bonchev–Trinajstić information content (AvgIpc) is 3.16. The maximum Gasteiger partial charge on any atom is 0.166 e. The quantitative estimate of drug-likeness (QED) is 0.742. The van der Waals surface area contributed by atoms with Crippen LogP contribution in [0.3, 0.4) is 0 Å². The summed E-state index contributed by atoms with van der Waals surface area (Å²) in [7, 11) is 1.52. The lowest BCUT2D eigenvalue weighted by molar-refractivity contribution is 0.415. The number of aliphatic imine (C=N–C) groups is 1. The number of halogens is 2. The number of hydrogen-bond donors (Lipinski definition) is 1. The minimum absolute atomic E-state index is 0.289. The van der Waals surface area contributed by atoms with Gasteiger partial charge in [-0.25, -0.2) is 13.8 Å². The normalized spacial score (nSPS) is 13.6. The second kappa shape index (κ2) is 7.19. The number of nitrogen functional groups attached to an aromatic ring is 1. The number of pyridine rings is 2. The van der Waals surface area contributed by atoms with Gasteiger partial charge < -0.3 is 10.5 Å². The Morgan fingerprint density at radius 1 is 0.964 bits per heavy atom. The number of nitrogens with two attached hydrogens (primary N) is 1. The fourth-order valence-corrected chi connectivity index (χ4v) is 3.11. The molecular formula is C21H16F2N4O. The second-order valence-electron chi connectivity index (χ2n) is 6.24. The topological polar surface area (TPSA) is 73.4 Å². The van der Waals surface area contributed by atoms with E-state index in [0.29, 0.717) is 23.4 Å². The van der Waals surface area contributed by atoms with E-state index in [1.54, 1.807) is 24.7 Å². The lowest BCUT2D eigenvalue weighted by atomic mass is 9.97. The molecule has 140 valence electrons. The second-order valence-corrected chi connectivity index (χ2v) is 6.24. The number of nitrogens with zero attached hydrogens (tertiary/aromatic N) is 3. The molecule has 0 saturated heterocycles. The van der Waals surface area contributed by atoms with Crippen molar-refractivity contribution in [1.29, 1.82) is 0 Å². The molecule has 3 aromatic rings. The number of ether oxygens (including phenoxy) is 1. The van der Waals surface area contributed by atoms with Crippen molar-refractivity contribution in [3.8, 4) is 5.75 Å². The van der Waals surface area contributed by atoms with Gasteiger partial charge in [0, 0.05) is 36.1 Å². The van der Waals surface area contributed by atoms with Crippen LogP contribution in [0.5, 0.6) is 5.75 Å². The lowest BCUT2D eigenvalue weighted by Crippen LogP contribution is -2.01. The van der Waals surface area contributed by atoms with Gasteiger partial charge in [-0.2, -0.15) is 0 Å². The smallest absolute Gasteiger partial charge is 0.166 e. The minimum Gasteiger partial charge on any atom is -0.493 e. The first-order chi connectivity index (χ1) is 13.6. The Bertz CT molecular complexity index is 1110. The third-order valence-electron chi connectivity index (χ3n) is 4.53. The van der Waals surface area contributed by atoms with E-state index in [0.717, 1.165) is 34.5 Å². The van der Waals surface area contributed by atoms with Crippen LogP contribution in [0.25, 0.3) is 11.3 Å². The Balaban J connectivity index is 1.82. The predicted molar refractivity (Wildman–Crippen MR) is 104 cm³/mol. The van der Waals surface area contributed by atoms with Crippen LogP contribution in [-0.2, 0) is 0 Å². The van der Waals surface area contributed by atoms with Gasteiger partial charge in [-0.3, -0.25) is 9.98 Å². The molecule has 0 radical (unpaired) electrons. The van der Waals surface area contributed by atoms with Crippen LogP contribution >= 0.6 is 0 Å².